The molecule has 0 spiro atoms. The minimum Gasteiger partial charge on any atom is -0.425 e. The Balaban J connectivity index is 1.82. The molecule has 0 saturated carbocycles. The molecule has 0 radical (unpaired) electrons. The van der Waals surface area contributed by atoms with Crippen molar-refractivity contribution in [3.63, 3.8) is 0 Å². The summed E-state index contributed by atoms with van der Waals surface area (Å²) in [7, 11) is 1.59. The Kier molecular flexibility index (Phi) is 7.78. The fraction of sp³-hybridized carbons (Fsp3) is 0.360. The first kappa shape index (κ1) is 25.0. The number of carbonyl (C=O) groups excluding carboxylic acids is 2. The SMILES string of the molecule is COCc1ccc(C(NC(=O)Cc2nnc(C)o2)C(=O)Nc2ccc(C(C)(C)C)c(F)c2)cc1. The van der Waals surface area contributed by atoms with Gasteiger partial charge in [-0.1, -0.05) is 51.1 Å². The van der Waals surface area contributed by atoms with E-state index in [1.54, 1.807) is 38.3 Å². The van der Waals surface area contributed by atoms with Crippen LogP contribution in [0.2, 0.25) is 0 Å². The molecule has 0 aliphatic heterocycles. The van der Waals surface area contributed by atoms with E-state index in [2.05, 4.69) is 20.8 Å². The minimum absolute atomic E-state index is 0.143. The van der Waals surface area contributed by atoms with Gasteiger partial charge in [0.05, 0.1) is 6.61 Å². The number of rotatable bonds is 8. The van der Waals surface area contributed by atoms with E-state index < -0.39 is 23.7 Å². The highest BCUT2D eigenvalue weighted by Crippen LogP contribution is 2.27. The third-order valence-corrected chi connectivity index (χ3v) is 5.12. The largest absolute Gasteiger partial charge is 0.425 e. The molecule has 2 aromatic carbocycles. The number of nitrogens with one attached hydrogen (secondary N) is 2. The van der Waals surface area contributed by atoms with E-state index in [9.17, 15) is 14.0 Å². The maximum absolute atomic E-state index is 14.6. The summed E-state index contributed by atoms with van der Waals surface area (Å²) in [5.41, 5.74) is 1.93. The van der Waals surface area contributed by atoms with Gasteiger partial charge in [0.15, 0.2) is 0 Å². The zero-order valence-corrected chi connectivity index (χ0v) is 19.9. The molecule has 1 heterocycles. The summed E-state index contributed by atoms with van der Waals surface area (Å²) in [6.07, 6.45) is -0.179. The van der Waals surface area contributed by atoms with Crippen LogP contribution >= 0.6 is 0 Å². The summed E-state index contributed by atoms with van der Waals surface area (Å²) in [6, 6.07) is 10.6. The second-order valence-electron chi connectivity index (χ2n) is 9.00. The first-order chi connectivity index (χ1) is 16.1. The predicted molar refractivity (Wildman–Crippen MR) is 125 cm³/mol. The van der Waals surface area contributed by atoms with Gasteiger partial charge in [0.1, 0.15) is 18.3 Å². The van der Waals surface area contributed by atoms with Crippen LogP contribution in [0.25, 0.3) is 0 Å². The number of anilines is 1. The fourth-order valence-corrected chi connectivity index (χ4v) is 3.45. The van der Waals surface area contributed by atoms with Crippen molar-refractivity contribution in [2.24, 2.45) is 0 Å². The van der Waals surface area contributed by atoms with Crippen LogP contribution in [0.5, 0.6) is 0 Å². The van der Waals surface area contributed by atoms with Crippen molar-refractivity contribution in [2.75, 3.05) is 12.4 Å². The van der Waals surface area contributed by atoms with Crippen molar-refractivity contribution in [2.45, 2.75) is 52.2 Å². The number of methoxy groups -OCH3 is 1. The number of amides is 2. The van der Waals surface area contributed by atoms with E-state index in [1.807, 2.05) is 32.9 Å². The van der Waals surface area contributed by atoms with Crippen LogP contribution in [0.3, 0.4) is 0 Å². The molecule has 180 valence electrons. The Bertz CT molecular complexity index is 1150. The number of benzene rings is 2. The average Bonchev–Trinajstić information content (AvgIpc) is 3.16. The van der Waals surface area contributed by atoms with Crippen molar-refractivity contribution in [1.29, 1.82) is 0 Å². The number of hydrogen-bond acceptors (Lipinski definition) is 6. The maximum atomic E-state index is 14.6. The summed E-state index contributed by atoms with van der Waals surface area (Å²) in [4.78, 5) is 25.8. The van der Waals surface area contributed by atoms with E-state index in [1.165, 1.54) is 6.07 Å². The van der Waals surface area contributed by atoms with Crippen LogP contribution < -0.4 is 10.6 Å². The summed E-state index contributed by atoms with van der Waals surface area (Å²) in [5.74, 6) is -0.922. The average molecular weight is 469 g/mol. The van der Waals surface area contributed by atoms with Crippen molar-refractivity contribution in [1.82, 2.24) is 15.5 Å². The Hall–Kier alpha value is -3.59. The molecule has 2 amide bonds. The molecule has 0 saturated heterocycles. The van der Waals surface area contributed by atoms with Crippen LogP contribution in [0.4, 0.5) is 10.1 Å². The van der Waals surface area contributed by atoms with Gasteiger partial charge in [-0.3, -0.25) is 9.59 Å². The van der Waals surface area contributed by atoms with Crippen LogP contribution in [0.1, 0.15) is 55.3 Å². The lowest BCUT2D eigenvalue weighted by Crippen LogP contribution is -2.37. The molecule has 0 aliphatic rings. The fourth-order valence-electron chi connectivity index (χ4n) is 3.45. The minimum atomic E-state index is -1.03. The zero-order valence-electron chi connectivity index (χ0n) is 19.9. The quantitative estimate of drug-likeness (QED) is 0.518. The van der Waals surface area contributed by atoms with Gasteiger partial charge in [0, 0.05) is 19.7 Å². The summed E-state index contributed by atoms with van der Waals surface area (Å²) >= 11 is 0. The smallest absolute Gasteiger partial charge is 0.251 e. The van der Waals surface area contributed by atoms with E-state index in [-0.39, 0.29) is 17.7 Å². The van der Waals surface area contributed by atoms with Crippen molar-refractivity contribution in [3.8, 4) is 0 Å². The van der Waals surface area contributed by atoms with Gasteiger partial charge in [-0.2, -0.15) is 0 Å². The number of ether oxygens (including phenoxy) is 1. The molecule has 3 aromatic rings. The second kappa shape index (κ2) is 10.6. The van der Waals surface area contributed by atoms with Gasteiger partial charge in [-0.25, -0.2) is 4.39 Å². The molecule has 1 unspecified atom stereocenters. The van der Waals surface area contributed by atoms with Crippen molar-refractivity contribution in [3.05, 3.63) is 76.8 Å². The normalized spacial score (nSPS) is 12.3. The first-order valence-electron chi connectivity index (χ1n) is 10.8. The molecule has 9 heteroatoms. The number of carbonyl (C=O) groups is 2. The van der Waals surface area contributed by atoms with Crippen LogP contribution in [0, 0.1) is 12.7 Å². The summed E-state index contributed by atoms with van der Waals surface area (Å²) in [6.45, 7) is 7.77. The highest BCUT2D eigenvalue weighted by Gasteiger charge is 2.25. The molecule has 0 aliphatic carbocycles. The van der Waals surface area contributed by atoms with E-state index >= 15 is 0 Å². The lowest BCUT2D eigenvalue weighted by molar-refractivity contribution is -0.126. The molecule has 1 aromatic heterocycles. The molecule has 2 N–H and O–H groups in total. The van der Waals surface area contributed by atoms with E-state index in [0.717, 1.165) is 5.56 Å². The van der Waals surface area contributed by atoms with Crippen molar-refractivity contribution < 1.29 is 23.1 Å². The summed E-state index contributed by atoms with van der Waals surface area (Å²) in [5, 5.41) is 12.9. The topological polar surface area (TPSA) is 106 Å². The van der Waals surface area contributed by atoms with Gasteiger partial charge in [0.2, 0.25) is 17.7 Å². The number of nitrogens with zero attached hydrogens (tertiary/aromatic N) is 2. The highest BCUT2D eigenvalue weighted by molar-refractivity contribution is 5.98. The van der Waals surface area contributed by atoms with Crippen LogP contribution in [0.15, 0.2) is 46.9 Å². The number of aryl methyl sites for hydroxylation is 1. The monoisotopic (exact) mass is 468 g/mol. The Morgan fingerprint density at radius 3 is 2.38 bits per heavy atom. The third kappa shape index (κ3) is 6.48. The standard InChI is InChI=1S/C25H29FN4O4/c1-15-29-30-22(34-15)13-21(31)28-23(17-8-6-16(7-9-17)14-33-5)24(32)27-18-10-11-19(20(26)12-18)25(2,3)4/h6-12,23H,13-14H2,1-5H3,(H,27,32)(H,28,31). The molecular formula is C25H29FN4O4. The number of aromatic nitrogens is 2. The first-order valence-corrected chi connectivity index (χ1v) is 10.8. The van der Waals surface area contributed by atoms with Gasteiger partial charge >= 0.3 is 0 Å². The molecule has 8 nitrogen and oxygen atoms in total. The molecule has 34 heavy (non-hydrogen) atoms. The highest BCUT2D eigenvalue weighted by atomic mass is 19.1. The van der Waals surface area contributed by atoms with Crippen molar-refractivity contribution >= 4 is 17.5 Å². The Morgan fingerprint density at radius 1 is 1.12 bits per heavy atom. The molecule has 1 atom stereocenters. The van der Waals surface area contributed by atoms with Crippen LogP contribution in [-0.4, -0.2) is 29.1 Å². The molecule has 0 fully saturated rings. The maximum Gasteiger partial charge on any atom is 0.251 e. The molecule has 0 bridgehead atoms. The lowest BCUT2D eigenvalue weighted by atomic mass is 9.86. The van der Waals surface area contributed by atoms with Gasteiger partial charge < -0.3 is 19.8 Å². The lowest BCUT2D eigenvalue weighted by Gasteiger charge is -2.22. The number of hydrogen-bond donors (Lipinski definition) is 2. The Morgan fingerprint density at radius 2 is 1.82 bits per heavy atom. The third-order valence-electron chi connectivity index (χ3n) is 5.12. The zero-order chi connectivity index (χ0) is 24.9. The predicted octanol–water partition coefficient (Wildman–Crippen LogP) is 4.00. The molecule has 3 rings (SSSR count). The van der Waals surface area contributed by atoms with Gasteiger partial charge in [0.25, 0.3) is 5.91 Å². The summed E-state index contributed by atoms with van der Waals surface area (Å²) < 4.78 is 25.0. The van der Waals surface area contributed by atoms with Crippen LogP contribution in [-0.2, 0) is 32.8 Å². The van der Waals surface area contributed by atoms with Gasteiger partial charge in [-0.05, 0) is 34.2 Å². The van der Waals surface area contributed by atoms with E-state index in [0.29, 0.717) is 29.3 Å². The molecular weight excluding hydrogens is 439 g/mol. The number of halogens is 1. The van der Waals surface area contributed by atoms with Gasteiger partial charge in [-0.15, -0.1) is 10.2 Å². The second-order valence-corrected chi connectivity index (χ2v) is 9.00. The van der Waals surface area contributed by atoms with E-state index in [4.69, 9.17) is 9.15 Å². The Labute approximate surface area is 197 Å².